The molecule has 36 heavy (non-hydrogen) atoms. The first-order valence-corrected chi connectivity index (χ1v) is 13.3. The molecule has 1 aliphatic rings. The van der Waals surface area contributed by atoms with Gasteiger partial charge in [-0.3, -0.25) is 4.79 Å². The fraction of sp³-hybridized carbons (Fsp3) is 0.300. The lowest BCUT2D eigenvalue weighted by atomic mass is 9.67. The van der Waals surface area contributed by atoms with Crippen LogP contribution in [0.25, 0.3) is 6.08 Å². The SMILES string of the molecule is CC(=O)/C(=C\c1cc(S)ccc1C)C(c1ccc(O)cc1)C1(N)CCNC(Cc2ccc(P)cc2)C1. The van der Waals surface area contributed by atoms with Gasteiger partial charge in [-0.2, -0.15) is 0 Å². The minimum atomic E-state index is -0.641. The van der Waals surface area contributed by atoms with Crippen molar-refractivity contribution in [3.8, 4) is 5.75 Å². The lowest BCUT2D eigenvalue weighted by molar-refractivity contribution is -0.114. The third kappa shape index (κ3) is 6.27. The Morgan fingerprint density at radius 3 is 2.56 bits per heavy atom. The summed E-state index contributed by atoms with van der Waals surface area (Å²) in [4.78, 5) is 14.0. The van der Waals surface area contributed by atoms with Gasteiger partial charge in [0, 0.05) is 28.0 Å². The van der Waals surface area contributed by atoms with E-state index in [2.05, 4.69) is 51.5 Å². The van der Waals surface area contributed by atoms with E-state index in [0.717, 1.165) is 52.7 Å². The Labute approximate surface area is 222 Å². The van der Waals surface area contributed by atoms with Crippen LogP contribution in [0.1, 0.15) is 47.9 Å². The Hall–Kier alpha value is -2.43. The molecule has 4 atom stereocenters. The standard InChI is InChI=1S/C30H35N2O2PS/c1-19-3-12-27(36)16-23(19)17-28(20(2)33)29(22-6-8-25(34)9-7-22)30(31)13-14-32-24(18-30)15-21-4-10-26(35)11-5-21/h3-12,16-17,24,29,32,34,36H,13-15,18,31,35H2,1-2H3/b28-17+. The summed E-state index contributed by atoms with van der Waals surface area (Å²) < 4.78 is 0. The maximum Gasteiger partial charge on any atom is 0.156 e. The van der Waals surface area contributed by atoms with Crippen molar-refractivity contribution in [1.82, 2.24) is 5.32 Å². The average molecular weight is 519 g/mol. The summed E-state index contributed by atoms with van der Waals surface area (Å²) in [6.07, 6.45) is 4.30. The van der Waals surface area contributed by atoms with Gasteiger partial charge in [0.15, 0.2) is 5.78 Å². The predicted molar refractivity (Wildman–Crippen MR) is 155 cm³/mol. The highest BCUT2D eigenvalue weighted by Gasteiger charge is 2.43. The molecule has 0 saturated carbocycles. The molecule has 4 rings (SSSR count). The maximum absolute atomic E-state index is 13.2. The van der Waals surface area contributed by atoms with Crippen molar-refractivity contribution in [1.29, 1.82) is 0 Å². The lowest BCUT2D eigenvalue weighted by Gasteiger charge is -2.45. The van der Waals surface area contributed by atoms with Gasteiger partial charge in [-0.05, 0) is 97.6 Å². The van der Waals surface area contributed by atoms with E-state index in [1.165, 1.54) is 5.56 Å². The van der Waals surface area contributed by atoms with Gasteiger partial charge in [0.2, 0.25) is 0 Å². The molecule has 1 saturated heterocycles. The Morgan fingerprint density at radius 1 is 1.19 bits per heavy atom. The zero-order chi connectivity index (χ0) is 25.9. The van der Waals surface area contributed by atoms with Crippen molar-refractivity contribution >= 4 is 39.0 Å². The molecule has 6 heteroatoms. The van der Waals surface area contributed by atoms with Gasteiger partial charge in [0.25, 0.3) is 0 Å². The molecule has 0 bridgehead atoms. The highest BCUT2D eigenvalue weighted by molar-refractivity contribution is 7.80. The molecular weight excluding hydrogens is 483 g/mol. The van der Waals surface area contributed by atoms with Crippen LogP contribution in [0, 0.1) is 6.92 Å². The first kappa shape index (κ1) is 26.6. The quantitative estimate of drug-likeness (QED) is 0.203. The fourth-order valence-corrected chi connectivity index (χ4v) is 5.72. The number of phenolic OH excluding ortho intramolecular Hbond substituents is 1. The van der Waals surface area contributed by atoms with E-state index < -0.39 is 5.54 Å². The molecule has 4 unspecified atom stereocenters. The Bertz CT molecular complexity index is 1260. The third-order valence-corrected chi connectivity index (χ3v) is 7.87. The van der Waals surface area contributed by atoms with Crippen LogP contribution in [-0.4, -0.2) is 29.0 Å². The summed E-state index contributed by atoms with van der Waals surface area (Å²) in [5, 5.41) is 14.8. The third-order valence-electron chi connectivity index (χ3n) is 7.20. The molecule has 3 aromatic rings. The zero-order valence-electron chi connectivity index (χ0n) is 20.9. The topological polar surface area (TPSA) is 75.3 Å². The predicted octanol–water partition coefficient (Wildman–Crippen LogP) is 4.94. The fourth-order valence-electron chi connectivity index (χ4n) is 5.31. The van der Waals surface area contributed by atoms with E-state index in [1.54, 1.807) is 19.1 Å². The molecular formula is C30H35N2O2PS. The minimum Gasteiger partial charge on any atom is -0.508 e. The van der Waals surface area contributed by atoms with Crippen LogP contribution >= 0.6 is 21.9 Å². The molecule has 3 aromatic carbocycles. The number of hydrogen-bond acceptors (Lipinski definition) is 5. The first-order chi connectivity index (χ1) is 17.1. The number of carbonyl (C=O) groups excluding carboxylic acids is 1. The van der Waals surface area contributed by atoms with Crippen molar-refractivity contribution in [3.05, 3.63) is 94.6 Å². The zero-order valence-corrected chi connectivity index (χ0v) is 22.9. The molecule has 0 radical (unpaired) electrons. The van der Waals surface area contributed by atoms with Crippen LogP contribution in [0.2, 0.25) is 0 Å². The van der Waals surface area contributed by atoms with E-state index in [-0.39, 0.29) is 23.5 Å². The van der Waals surface area contributed by atoms with Crippen molar-refractivity contribution < 1.29 is 9.90 Å². The largest absolute Gasteiger partial charge is 0.508 e. The Kier molecular flexibility index (Phi) is 8.37. The molecule has 1 heterocycles. The number of hydrogen-bond donors (Lipinski definition) is 4. The average Bonchev–Trinajstić information content (AvgIpc) is 2.83. The van der Waals surface area contributed by atoms with Crippen molar-refractivity contribution in [3.63, 3.8) is 0 Å². The molecule has 0 spiro atoms. The van der Waals surface area contributed by atoms with Crippen LogP contribution < -0.4 is 16.4 Å². The number of piperidine rings is 1. The number of phenols is 1. The van der Waals surface area contributed by atoms with E-state index in [1.807, 2.05) is 43.3 Å². The van der Waals surface area contributed by atoms with Crippen LogP contribution in [0.5, 0.6) is 5.75 Å². The summed E-state index contributed by atoms with van der Waals surface area (Å²) in [5.41, 5.74) is 11.6. The summed E-state index contributed by atoms with van der Waals surface area (Å²) >= 11 is 4.52. The summed E-state index contributed by atoms with van der Waals surface area (Å²) in [7, 11) is 2.72. The number of benzene rings is 3. The maximum atomic E-state index is 13.2. The van der Waals surface area contributed by atoms with E-state index in [4.69, 9.17) is 5.73 Å². The van der Waals surface area contributed by atoms with Gasteiger partial charge in [-0.1, -0.05) is 42.5 Å². The molecule has 1 aliphatic heterocycles. The number of aryl methyl sites for hydroxylation is 1. The van der Waals surface area contributed by atoms with Gasteiger partial charge in [-0.25, -0.2) is 0 Å². The number of ketones is 1. The van der Waals surface area contributed by atoms with Crippen LogP contribution in [0.15, 0.2) is 77.2 Å². The minimum absolute atomic E-state index is 0.00650. The van der Waals surface area contributed by atoms with E-state index in [0.29, 0.717) is 5.57 Å². The number of rotatable bonds is 7. The number of Topliss-reactive ketones (excluding diaryl/α,β-unsaturated/α-hetero) is 1. The number of nitrogens with two attached hydrogens (primary N) is 1. The second-order valence-electron chi connectivity index (χ2n) is 10.0. The number of aromatic hydroxyl groups is 1. The van der Waals surface area contributed by atoms with Gasteiger partial charge < -0.3 is 16.2 Å². The van der Waals surface area contributed by atoms with Crippen molar-refractivity contribution in [2.45, 2.75) is 55.5 Å². The number of carbonyl (C=O) groups is 1. The number of nitrogens with one attached hydrogen (secondary N) is 1. The molecule has 0 amide bonds. The van der Waals surface area contributed by atoms with Gasteiger partial charge >= 0.3 is 0 Å². The van der Waals surface area contributed by atoms with E-state index >= 15 is 0 Å². The van der Waals surface area contributed by atoms with E-state index in [9.17, 15) is 9.90 Å². The highest BCUT2D eigenvalue weighted by Crippen LogP contribution is 2.42. The van der Waals surface area contributed by atoms with Gasteiger partial charge in [-0.15, -0.1) is 21.9 Å². The summed E-state index contributed by atoms with van der Waals surface area (Å²) in [5.74, 6) is -0.137. The van der Waals surface area contributed by atoms with Crippen LogP contribution in [0.4, 0.5) is 0 Å². The molecule has 0 aliphatic carbocycles. The molecule has 4 nitrogen and oxygen atoms in total. The second-order valence-corrected chi connectivity index (χ2v) is 11.2. The Balaban J connectivity index is 1.76. The van der Waals surface area contributed by atoms with Gasteiger partial charge in [0.05, 0.1) is 0 Å². The second kappa shape index (κ2) is 11.3. The number of thiol groups is 1. The summed E-state index contributed by atoms with van der Waals surface area (Å²) in [6, 6.07) is 21.8. The van der Waals surface area contributed by atoms with Crippen LogP contribution in [0.3, 0.4) is 0 Å². The molecule has 1 fully saturated rings. The highest BCUT2D eigenvalue weighted by atomic mass is 32.1. The van der Waals surface area contributed by atoms with Crippen molar-refractivity contribution in [2.75, 3.05) is 6.54 Å². The smallest absolute Gasteiger partial charge is 0.156 e. The van der Waals surface area contributed by atoms with Crippen LogP contribution in [-0.2, 0) is 11.2 Å². The monoisotopic (exact) mass is 518 g/mol. The summed E-state index contributed by atoms with van der Waals surface area (Å²) in [6.45, 7) is 4.42. The Morgan fingerprint density at radius 2 is 1.89 bits per heavy atom. The van der Waals surface area contributed by atoms with Crippen molar-refractivity contribution in [2.24, 2.45) is 5.73 Å². The normalized spacial score (nSPS) is 21.2. The van der Waals surface area contributed by atoms with Gasteiger partial charge in [0.1, 0.15) is 5.75 Å². The first-order valence-electron chi connectivity index (χ1n) is 12.3. The molecule has 4 N–H and O–H groups in total. The lowest BCUT2D eigenvalue weighted by Crippen LogP contribution is -2.57. The molecule has 0 aromatic heterocycles. The molecule has 188 valence electrons.